The van der Waals surface area contributed by atoms with Crippen molar-refractivity contribution in [1.82, 2.24) is 0 Å². The summed E-state index contributed by atoms with van der Waals surface area (Å²) in [5.74, 6) is -8.37. The predicted octanol–water partition coefficient (Wildman–Crippen LogP) is 10.6. The first-order valence-corrected chi connectivity index (χ1v) is 35.4. The van der Waals surface area contributed by atoms with E-state index < -0.39 is 177 Å². The van der Waals surface area contributed by atoms with Crippen molar-refractivity contribution in [2.24, 2.45) is 0 Å². The second kappa shape index (κ2) is 38.0. The van der Waals surface area contributed by atoms with E-state index in [4.69, 9.17) is 80.5 Å². The van der Waals surface area contributed by atoms with Crippen molar-refractivity contribution in [2.75, 3.05) is 6.61 Å². The quantitative estimate of drug-likeness (QED) is 0.0239. The van der Waals surface area contributed by atoms with E-state index in [0.29, 0.717) is 6.42 Å². The molecule has 10 rings (SSSR count). The molecule has 6 aromatic carbocycles. The van der Waals surface area contributed by atoms with Gasteiger partial charge in [0.25, 0.3) is 0 Å². The zero-order valence-corrected chi connectivity index (χ0v) is 59.9. The van der Waals surface area contributed by atoms with Crippen molar-refractivity contribution in [1.29, 1.82) is 0 Å². The van der Waals surface area contributed by atoms with Crippen molar-refractivity contribution in [3.8, 4) is 0 Å². The molecule has 6 aromatic rings. The number of ether oxygens (including phenoxy) is 17. The van der Waals surface area contributed by atoms with Gasteiger partial charge >= 0.3 is 53.7 Å². The van der Waals surface area contributed by atoms with Gasteiger partial charge in [-0.3, -0.25) is 14.4 Å². The number of unbranched alkanes of at least 4 members (excludes halogenated alkanes) is 5. The summed E-state index contributed by atoms with van der Waals surface area (Å²) in [6.45, 7) is 11.4. The molecule has 0 aromatic heterocycles. The molecule has 4 heterocycles. The topological polar surface area (TPSA) is 311 Å². The Kier molecular flexibility index (Phi) is 28.2. The number of hydrogen-bond donors (Lipinski definition) is 0. The fourth-order valence-corrected chi connectivity index (χ4v) is 12.8. The molecular formula is C80H88O26. The zero-order chi connectivity index (χ0) is 75.4. The molecular weight excluding hydrogens is 1380 g/mol. The van der Waals surface area contributed by atoms with Crippen molar-refractivity contribution >= 4 is 53.7 Å². The van der Waals surface area contributed by atoms with E-state index in [-0.39, 0.29) is 40.0 Å². The third kappa shape index (κ3) is 20.6. The molecule has 4 fully saturated rings. The first-order chi connectivity index (χ1) is 51.1. The molecule has 0 amide bonds. The molecule has 0 radical (unpaired) electrons. The molecule has 0 aliphatic carbocycles. The van der Waals surface area contributed by atoms with Crippen LogP contribution in [0.1, 0.15) is 156 Å². The lowest BCUT2D eigenvalue weighted by atomic mass is 9.95. The van der Waals surface area contributed by atoms with Crippen molar-refractivity contribution in [3.63, 3.8) is 0 Å². The molecule has 0 bridgehead atoms. The van der Waals surface area contributed by atoms with Crippen LogP contribution in [0.5, 0.6) is 0 Å². The Labute approximate surface area is 613 Å². The Morgan fingerprint density at radius 1 is 0.264 bits per heavy atom. The summed E-state index contributed by atoms with van der Waals surface area (Å²) >= 11 is 0. The molecule has 564 valence electrons. The van der Waals surface area contributed by atoms with Gasteiger partial charge in [-0.1, -0.05) is 148 Å². The van der Waals surface area contributed by atoms with E-state index >= 15 is 9.59 Å². The molecule has 4 aliphatic heterocycles. The molecule has 26 nitrogen and oxygen atoms in total. The molecule has 26 heteroatoms. The number of benzene rings is 6. The van der Waals surface area contributed by atoms with E-state index in [0.717, 1.165) is 52.9 Å². The van der Waals surface area contributed by atoms with Crippen LogP contribution in [0, 0.1) is 0 Å². The predicted molar refractivity (Wildman–Crippen MR) is 372 cm³/mol. The van der Waals surface area contributed by atoms with E-state index in [1.54, 1.807) is 116 Å². The van der Waals surface area contributed by atoms with Crippen molar-refractivity contribution in [2.45, 2.75) is 217 Å². The van der Waals surface area contributed by atoms with Gasteiger partial charge in [-0.2, -0.15) is 0 Å². The second-order valence-corrected chi connectivity index (χ2v) is 25.9. The Hall–Kier alpha value is -9.77. The normalized spacial score (nSPS) is 28.4. The lowest BCUT2D eigenvalue weighted by Gasteiger charge is -2.51. The first-order valence-electron chi connectivity index (χ1n) is 35.4. The third-order valence-electron chi connectivity index (χ3n) is 18.0. The van der Waals surface area contributed by atoms with Gasteiger partial charge in [-0.05, 0) is 107 Å². The fraction of sp³-hybridized carbons (Fsp3) is 0.438. The Morgan fingerprint density at radius 3 is 0.830 bits per heavy atom. The number of esters is 9. The SMILES string of the molecule is CCCCCCCCO[C@@H]1O[C@@H](C)[C@H](OC(=O)c2ccccc2)[C@@H](OC(=O)c2ccccc2)[C@H]1O[C@@H]1O[C@@H](C)[C@H](OC(=O)c2ccccc2)[C@@H](OC(=O)c2ccccc2)[C@H]1O[C@@H]1O[C@@H](C)[C@H](OC(=O)c2ccccc2)[C@@H](O[C@@H]2O[C@@H](C)[C@H](OC(C)=O)[C@@H](OC(C)=O)[C@H]2OC(C)=O)[C@H]1OC(=O)c1ccccc1. The summed E-state index contributed by atoms with van der Waals surface area (Å²) in [5.41, 5.74) is 0.264. The first kappa shape index (κ1) is 78.8. The van der Waals surface area contributed by atoms with Crippen LogP contribution in [0.15, 0.2) is 182 Å². The third-order valence-corrected chi connectivity index (χ3v) is 18.0. The summed E-state index contributed by atoms with van der Waals surface area (Å²) in [6.07, 6.45) is -28.7. The molecule has 4 saturated heterocycles. The van der Waals surface area contributed by atoms with E-state index in [2.05, 4.69) is 6.92 Å². The van der Waals surface area contributed by atoms with Crippen LogP contribution >= 0.6 is 0 Å². The standard InChI is InChI=1S/C80H88O26/c1-9-10-11-12-13-32-45-90-77-67(64(101-74(87)56-39-26-17-27-40-56)60(47(3)91-77)98-71(84)53-33-20-14-21-34-53)105-80-70(65(102-75(88)57-41-28-18-29-42-57)61(48(4)94-80)99-72(85)54-35-22-15-23-36-54)106-79-69(103-76(89)58-43-30-19-31-44-58)66(62(49(5)93-79)100-73(86)55-37-24-16-25-38-55)104-78-68(97-52(8)83)63(96-51(7)82)59(46(2)92-78)95-50(6)81/h14-31,33-44,46-49,59-70,77-80H,9-13,32,45H2,1-8H3/t46-,47-,48-,49-,59-,60-,61-,62-,63+,64+,65+,66+,67+,68+,69+,70+,77+,78-,79-,80-/m0/s1. The average Bonchev–Trinajstić information content (AvgIpc) is 0.769. The van der Waals surface area contributed by atoms with Gasteiger partial charge in [-0.25, -0.2) is 28.8 Å². The van der Waals surface area contributed by atoms with Gasteiger partial charge in [0.1, 0.15) is 6.10 Å². The number of rotatable bonds is 29. The van der Waals surface area contributed by atoms with Gasteiger partial charge in [0.15, 0.2) is 92.3 Å². The van der Waals surface area contributed by atoms with E-state index in [9.17, 15) is 33.6 Å². The molecule has 0 spiro atoms. The van der Waals surface area contributed by atoms with Gasteiger partial charge in [0, 0.05) is 27.4 Å². The Balaban J connectivity index is 1.16. The van der Waals surface area contributed by atoms with Crippen LogP contribution in [-0.4, -0.2) is 183 Å². The number of hydrogen-bond acceptors (Lipinski definition) is 26. The van der Waals surface area contributed by atoms with Crippen LogP contribution in [0.3, 0.4) is 0 Å². The Bertz CT molecular complexity index is 3870. The molecule has 0 N–H and O–H groups in total. The lowest BCUT2D eigenvalue weighted by Crippen LogP contribution is -2.68. The molecule has 0 unspecified atom stereocenters. The maximum absolute atomic E-state index is 15.1. The highest BCUT2D eigenvalue weighted by atomic mass is 16.8. The van der Waals surface area contributed by atoms with Crippen LogP contribution < -0.4 is 0 Å². The van der Waals surface area contributed by atoms with Crippen molar-refractivity contribution in [3.05, 3.63) is 215 Å². The molecule has 20 atom stereocenters. The van der Waals surface area contributed by atoms with E-state index in [1.807, 2.05) is 0 Å². The summed E-state index contributed by atoms with van der Waals surface area (Å²) in [6, 6.07) is 47.1. The zero-order valence-electron chi connectivity index (χ0n) is 59.9. The van der Waals surface area contributed by atoms with Gasteiger partial charge in [0.2, 0.25) is 0 Å². The highest BCUT2D eigenvalue weighted by Gasteiger charge is 2.61. The largest absolute Gasteiger partial charge is 0.456 e. The second-order valence-electron chi connectivity index (χ2n) is 25.9. The molecule has 0 saturated carbocycles. The van der Waals surface area contributed by atoms with Crippen molar-refractivity contribution < 1.29 is 124 Å². The van der Waals surface area contributed by atoms with Crippen LogP contribution in [-0.2, 0) is 94.9 Å². The van der Waals surface area contributed by atoms with Crippen LogP contribution in [0.4, 0.5) is 0 Å². The minimum atomic E-state index is -2.10. The van der Waals surface area contributed by atoms with E-state index in [1.165, 1.54) is 93.6 Å². The molecule has 106 heavy (non-hydrogen) atoms. The molecule has 4 aliphatic rings. The fourth-order valence-electron chi connectivity index (χ4n) is 12.8. The number of carbonyl (C=O) groups excluding carboxylic acids is 9. The highest BCUT2D eigenvalue weighted by Crippen LogP contribution is 2.41. The van der Waals surface area contributed by atoms with Crippen LogP contribution in [0.2, 0.25) is 0 Å². The maximum Gasteiger partial charge on any atom is 0.338 e. The highest BCUT2D eigenvalue weighted by molar-refractivity contribution is 5.92. The summed E-state index contributed by atoms with van der Waals surface area (Å²) < 4.78 is 111. The summed E-state index contributed by atoms with van der Waals surface area (Å²) in [5, 5.41) is 0. The maximum atomic E-state index is 15.1. The summed E-state index contributed by atoms with van der Waals surface area (Å²) in [7, 11) is 0. The monoisotopic (exact) mass is 1460 g/mol. The van der Waals surface area contributed by atoms with Gasteiger partial charge in [-0.15, -0.1) is 0 Å². The minimum Gasteiger partial charge on any atom is -0.456 e. The summed E-state index contributed by atoms with van der Waals surface area (Å²) in [4.78, 5) is 128. The lowest BCUT2D eigenvalue weighted by molar-refractivity contribution is -0.394. The minimum absolute atomic E-state index is 0.000532. The van der Waals surface area contributed by atoms with Crippen LogP contribution in [0.25, 0.3) is 0 Å². The average molecular weight is 1470 g/mol. The van der Waals surface area contributed by atoms with Gasteiger partial charge < -0.3 is 80.5 Å². The smallest absolute Gasteiger partial charge is 0.338 e. The Morgan fingerprint density at radius 2 is 0.491 bits per heavy atom. The van der Waals surface area contributed by atoms with Gasteiger partial charge in [0.05, 0.1) is 57.8 Å². The number of carbonyl (C=O) groups is 9.